The van der Waals surface area contributed by atoms with Gasteiger partial charge in [0, 0.05) is 38.2 Å². The maximum atomic E-state index is 14.0. The number of rotatable bonds is 5. The molecule has 1 aromatic heterocycles. The molecule has 2 aromatic rings. The molecule has 9 nitrogen and oxygen atoms in total. The molecule has 0 aliphatic carbocycles. The average molecular weight is 505 g/mol. The minimum Gasteiger partial charge on any atom is -0.320 e. The van der Waals surface area contributed by atoms with Crippen molar-refractivity contribution in [2.75, 3.05) is 32.0 Å². The third-order valence-electron chi connectivity index (χ3n) is 5.48. The van der Waals surface area contributed by atoms with Crippen molar-refractivity contribution in [3.05, 3.63) is 45.7 Å². The predicted octanol–water partition coefficient (Wildman–Crippen LogP) is 2.65. The van der Waals surface area contributed by atoms with E-state index in [1.165, 1.54) is 16.6 Å². The van der Waals surface area contributed by atoms with Crippen molar-refractivity contribution in [3.8, 4) is 0 Å². The monoisotopic (exact) mass is 504 g/mol. The number of alkyl halides is 2. The summed E-state index contributed by atoms with van der Waals surface area (Å²) in [4.78, 5) is 32.6. The fourth-order valence-corrected chi connectivity index (χ4v) is 4.05. The number of carbonyl (C=O) groups excluding carboxylic acids is 2. The van der Waals surface area contributed by atoms with Gasteiger partial charge in [0.1, 0.15) is 23.4 Å². The van der Waals surface area contributed by atoms with Crippen LogP contribution in [0, 0.1) is 11.6 Å². The van der Waals surface area contributed by atoms with E-state index in [0.29, 0.717) is 23.7 Å². The first-order valence-electron chi connectivity index (χ1n) is 10.4. The van der Waals surface area contributed by atoms with E-state index < -0.39 is 42.6 Å². The Morgan fingerprint density at radius 1 is 1.32 bits per heavy atom. The van der Waals surface area contributed by atoms with Gasteiger partial charge in [-0.05, 0) is 6.07 Å². The zero-order valence-electron chi connectivity index (χ0n) is 18.0. The van der Waals surface area contributed by atoms with Crippen LogP contribution in [-0.4, -0.2) is 70.9 Å². The second-order valence-electron chi connectivity index (χ2n) is 7.88. The molecule has 0 saturated carbocycles. The molecular formula is C20H21ClF4N6O3. The van der Waals surface area contributed by atoms with Crippen LogP contribution in [0.4, 0.5) is 28.0 Å². The fraction of sp³-hybridized carbons (Fsp3) is 0.450. The molecule has 2 aliphatic heterocycles. The number of nitrogens with zero attached hydrogens (tertiary/aromatic N) is 4. The van der Waals surface area contributed by atoms with Crippen molar-refractivity contribution in [3.63, 3.8) is 0 Å². The highest BCUT2D eigenvalue weighted by molar-refractivity contribution is 6.31. The lowest BCUT2D eigenvalue weighted by Gasteiger charge is -2.27. The minimum absolute atomic E-state index is 0.0148. The van der Waals surface area contributed by atoms with E-state index in [1.807, 2.05) is 0 Å². The number of urea groups is 1. The molecule has 0 saturated heterocycles. The normalized spacial score (nSPS) is 18.1. The number of halogens is 5. The van der Waals surface area contributed by atoms with Crippen LogP contribution >= 0.6 is 11.6 Å². The molecule has 2 N–H and O–H groups in total. The summed E-state index contributed by atoms with van der Waals surface area (Å²) in [6.07, 6.45) is -2.81. The third-order valence-corrected chi connectivity index (χ3v) is 5.77. The maximum Gasteiger partial charge on any atom is 0.322 e. The molecule has 4 rings (SSSR count). The van der Waals surface area contributed by atoms with Gasteiger partial charge in [-0.2, -0.15) is 5.10 Å². The molecule has 34 heavy (non-hydrogen) atoms. The lowest BCUT2D eigenvalue weighted by Crippen LogP contribution is -2.40. The molecule has 14 heteroatoms. The minimum atomic E-state index is -2.52. The molecule has 0 fully saturated rings. The van der Waals surface area contributed by atoms with Gasteiger partial charge in [0.05, 0.1) is 36.0 Å². The third kappa shape index (κ3) is 4.95. The second kappa shape index (κ2) is 9.76. The van der Waals surface area contributed by atoms with Crippen LogP contribution in [0.5, 0.6) is 0 Å². The van der Waals surface area contributed by atoms with Gasteiger partial charge < -0.3 is 15.5 Å². The van der Waals surface area contributed by atoms with E-state index in [-0.39, 0.29) is 42.6 Å². The highest BCUT2D eigenvalue weighted by Gasteiger charge is 2.35. The molecule has 2 aliphatic rings. The molecule has 3 heterocycles. The molecule has 1 atom stereocenters. The standard InChI is InChI=1S/C20H21ClF4N6O3/c1-29-19(32)18-11-9-30(20(33)27-16-4-12(21)13(22)5-14(16)23)3-2-15(11)28-31(18)8-10(34-29)6-26-7-17(24)25/h4-5,10,17,26H,2-3,6-9H2,1H3,(H,27,33). The van der Waals surface area contributed by atoms with Crippen molar-refractivity contribution in [2.24, 2.45) is 0 Å². The molecule has 0 radical (unpaired) electrons. The van der Waals surface area contributed by atoms with E-state index in [1.54, 1.807) is 0 Å². The van der Waals surface area contributed by atoms with E-state index >= 15 is 0 Å². The van der Waals surface area contributed by atoms with E-state index in [2.05, 4.69) is 15.7 Å². The second-order valence-corrected chi connectivity index (χ2v) is 8.29. The molecule has 184 valence electrons. The number of hydrogen-bond donors (Lipinski definition) is 2. The van der Waals surface area contributed by atoms with Crippen LogP contribution in [-0.2, 0) is 24.3 Å². The highest BCUT2D eigenvalue weighted by atomic mass is 35.5. The number of hydrogen-bond acceptors (Lipinski definition) is 5. The highest BCUT2D eigenvalue weighted by Crippen LogP contribution is 2.28. The first-order chi connectivity index (χ1) is 16.1. The average Bonchev–Trinajstić information content (AvgIpc) is 3.07. The van der Waals surface area contributed by atoms with Gasteiger partial charge in [0.25, 0.3) is 12.3 Å². The Balaban J connectivity index is 1.52. The number of fused-ring (bicyclic) bond motifs is 3. The van der Waals surface area contributed by atoms with Gasteiger partial charge in [-0.25, -0.2) is 27.4 Å². The van der Waals surface area contributed by atoms with Crippen LogP contribution in [0.1, 0.15) is 21.7 Å². The van der Waals surface area contributed by atoms with Crippen molar-refractivity contribution in [1.82, 2.24) is 25.1 Å². The molecule has 3 amide bonds. The van der Waals surface area contributed by atoms with E-state index in [0.717, 1.165) is 11.1 Å². The number of amides is 3. The predicted molar refractivity (Wildman–Crippen MR) is 113 cm³/mol. The Bertz CT molecular complexity index is 1110. The van der Waals surface area contributed by atoms with Crippen LogP contribution in [0.3, 0.4) is 0 Å². The SMILES string of the molecule is CN1OC(CNCC(F)F)Cn2nc3c(c2C1=O)CN(C(=O)Nc1cc(Cl)c(F)cc1F)CC3. The molecule has 0 spiro atoms. The lowest BCUT2D eigenvalue weighted by molar-refractivity contribution is -0.146. The van der Waals surface area contributed by atoms with E-state index in [4.69, 9.17) is 16.4 Å². The summed E-state index contributed by atoms with van der Waals surface area (Å²) < 4.78 is 53.7. The Kier molecular flexibility index (Phi) is 6.96. The van der Waals surface area contributed by atoms with Crippen molar-refractivity contribution < 1.29 is 32.0 Å². The van der Waals surface area contributed by atoms with Gasteiger partial charge in [0.15, 0.2) is 0 Å². The first-order valence-corrected chi connectivity index (χ1v) is 10.7. The summed E-state index contributed by atoms with van der Waals surface area (Å²) >= 11 is 5.68. The maximum absolute atomic E-state index is 14.0. The lowest BCUT2D eigenvalue weighted by atomic mass is 10.1. The largest absolute Gasteiger partial charge is 0.322 e. The zero-order valence-corrected chi connectivity index (χ0v) is 18.7. The summed E-state index contributed by atoms with van der Waals surface area (Å²) in [6, 6.07) is 0.890. The van der Waals surface area contributed by atoms with Crippen molar-refractivity contribution in [1.29, 1.82) is 0 Å². The summed E-state index contributed by atoms with van der Waals surface area (Å²) in [5, 5.41) is 10.1. The first kappa shape index (κ1) is 24.2. The number of benzene rings is 1. The number of anilines is 1. The van der Waals surface area contributed by atoms with Crippen molar-refractivity contribution >= 4 is 29.2 Å². The summed E-state index contributed by atoms with van der Waals surface area (Å²) in [5.74, 6) is -2.42. The Hall–Kier alpha value is -2.90. The summed E-state index contributed by atoms with van der Waals surface area (Å²) in [7, 11) is 1.41. The van der Waals surface area contributed by atoms with Gasteiger partial charge in [-0.15, -0.1) is 0 Å². The molecular weight excluding hydrogens is 484 g/mol. The van der Waals surface area contributed by atoms with Crippen LogP contribution in [0.2, 0.25) is 5.02 Å². The molecule has 0 bridgehead atoms. The van der Waals surface area contributed by atoms with Crippen molar-refractivity contribution in [2.45, 2.75) is 32.0 Å². The van der Waals surface area contributed by atoms with Crippen LogP contribution < -0.4 is 10.6 Å². The van der Waals surface area contributed by atoms with Gasteiger partial charge in [0.2, 0.25) is 0 Å². The summed E-state index contributed by atoms with van der Waals surface area (Å²) in [6.45, 7) is -0.0387. The van der Waals surface area contributed by atoms with Gasteiger partial charge in [-0.3, -0.25) is 14.3 Å². The quantitative estimate of drug-likeness (QED) is 0.482. The Labute approximate surface area is 196 Å². The number of carbonyl (C=O) groups is 2. The van der Waals surface area contributed by atoms with Crippen LogP contribution in [0.25, 0.3) is 0 Å². The smallest absolute Gasteiger partial charge is 0.320 e. The number of nitrogens with one attached hydrogen (secondary N) is 2. The summed E-state index contributed by atoms with van der Waals surface area (Å²) in [5.41, 5.74) is 1.08. The fourth-order valence-electron chi connectivity index (χ4n) is 3.89. The zero-order chi connectivity index (χ0) is 24.6. The topological polar surface area (TPSA) is 91.7 Å². The molecule has 1 aromatic carbocycles. The van der Waals surface area contributed by atoms with Gasteiger partial charge in [-0.1, -0.05) is 11.6 Å². The Morgan fingerprint density at radius 3 is 2.82 bits per heavy atom. The van der Waals surface area contributed by atoms with E-state index in [9.17, 15) is 27.2 Å². The number of hydroxylamine groups is 2. The van der Waals surface area contributed by atoms with Gasteiger partial charge >= 0.3 is 6.03 Å². The molecule has 1 unspecified atom stereocenters. The number of aromatic nitrogens is 2. The Morgan fingerprint density at radius 2 is 2.09 bits per heavy atom. The van der Waals surface area contributed by atoms with Crippen LogP contribution in [0.15, 0.2) is 12.1 Å².